The molecule has 0 radical (unpaired) electrons. The molecule has 0 saturated heterocycles. The molecule has 0 heterocycles. The molecular weight excluding hydrogens is 184 g/mol. The lowest BCUT2D eigenvalue weighted by Crippen LogP contribution is -2.19. The molecule has 5 heteroatoms. The van der Waals surface area contributed by atoms with Crippen LogP contribution in [0.25, 0.3) is 0 Å². The van der Waals surface area contributed by atoms with Crippen molar-refractivity contribution in [3.8, 4) is 6.07 Å². The summed E-state index contributed by atoms with van der Waals surface area (Å²) >= 11 is 0. The molecule has 0 fully saturated rings. The third kappa shape index (κ3) is 17.0. The first-order chi connectivity index (χ1) is 6.72. The summed E-state index contributed by atoms with van der Waals surface area (Å²) in [6.07, 6.45) is 0.955. The van der Waals surface area contributed by atoms with E-state index in [1.54, 1.807) is 6.92 Å². The Kier molecular flexibility index (Phi) is 15.5. The first-order valence-corrected chi connectivity index (χ1v) is 4.39. The van der Waals surface area contributed by atoms with Crippen molar-refractivity contribution in [3.63, 3.8) is 0 Å². The van der Waals surface area contributed by atoms with Crippen LogP contribution in [0.15, 0.2) is 0 Å². The maximum absolute atomic E-state index is 10.4. The number of aliphatic hydroxyl groups is 1. The minimum atomic E-state index is -0.408. The van der Waals surface area contributed by atoms with Crippen molar-refractivity contribution < 1.29 is 14.7 Å². The predicted molar refractivity (Wildman–Crippen MR) is 51.5 cm³/mol. The van der Waals surface area contributed by atoms with Gasteiger partial charge in [-0.25, -0.2) is 0 Å². The van der Waals surface area contributed by atoms with Crippen LogP contribution in [0, 0.1) is 11.3 Å². The van der Waals surface area contributed by atoms with Crippen LogP contribution < -0.4 is 5.32 Å². The number of nitrogens with zero attached hydrogens (tertiary/aromatic N) is 1. The van der Waals surface area contributed by atoms with Crippen LogP contribution in [0.2, 0.25) is 0 Å². The highest BCUT2D eigenvalue weighted by molar-refractivity contribution is 6.24. The van der Waals surface area contributed by atoms with Crippen molar-refractivity contribution in [3.05, 3.63) is 0 Å². The zero-order valence-electron chi connectivity index (χ0n) is 8.32. The second-order valence-corrected chi connectivity index (χ2v) is 2.31. The quantitative estimate of drug-likeness (QED) is 0.347. The van der Waals surface area contributed by atoms with Crippen molar-refractivity contribution in [2.45, 2.75) is 19.8 Å². The van der Waals surface area contributed by atoms with Gasteiger partial charge in [-0.15, -0.1) is 0 Å². The van der Waals surface area contributed by atoms with Crippen molar-refractivity contribution in [1.82, 2.24) is 5.32 Å². The molecule has 14 heavy (non-hydrogen) atoms. The topological polar surface area (TPSA) is 90.2 Å². The first-order valence-electron chi connectivity index (χ1n) is 4.39. The largest absolute Gasteiger partial charge is 0.397 e. The summed E-state index contributed by atoms with van der Waals surface area (Å²) < 4.78 is 0. The third-order valence-corrected chi connectivity index (χ3v) is 1.09. The fourth-order valence-electron chi connectivity index (χ4n) is 0.540. The number of carbonyl (C=O) groups excluding carboxylic acids is 2. The maximum atomic E-state index is 10.4. The van der Waals surface area contributed by atoms with Crippen molar-refractivity contribution >= 4 is 12.1 Å². The van der Waals surface area contributed by atoms with Gasteiger partial charge in [0.05, 0.1) is 6.07 Å². The van der Waals surface area contributed by atoms with Gasteiger partial charge < -0.3 is 10.4 Å². The zero-order valence-corrected chi connectivity index (χ0v) is 8.32. The van der Waals surface area contributed by atoms with E-state index in [0.717, 1.165) is 0 Å². The lowest BCUT2D eigenvalue weighted by atomic mass is 10.3. The SMILES string of the molecule is CCO.N#CCCNCCC(=O)C=O. The molecular formula is C9H16N2O3. The van der Waals surface area contributed by atoms with Gasteiger partial charge in [0.2, 0.25) is 0 Å². The van der Waals surface area contributed by atoms with Crippen molar-refractivity contribution in [2.75, 3.05) is 19.7 Å². The summed E-state index contributed by atoms with van der Waals surface area (Å²) in [5, 5.41) is 18.5. The molecule has 2 N–H and O–H groups in total. The average molecular weight is 200 g/mol. The number of aldehydes is 1. The summed E-state index contributed by atoms with van der Waals surface area (Å²) in [4.78, 5) is 20.2. The number of nitrogens with one attached hydrogen (secondary N) is 1. The molecule has 0 saturated carbocycles. The number of rotatable bonds is 6. The Labute approximate surface area is 83.7 Å². The fraction of sp³-hybridized carbons (Fsp3) is 0.667. The Bertz CT molecular complexity index is 187. The van der Waals surface area contributed by atoms with Crippen LogP contribution in [-0.2, 0) is 9.59 Å². The van der Waals surface area contributed by atoms with Crippen LogP contribution in [0.4, 0.5) is 0 Å². The molecule has 0 aliphatic rings. The van der Waals surface area contributed by atoms with Gasteiger partial charge in [-0.1, -0.05) is 0 Å². The lowest BCUT2D eigenvalue weighted by Gasteiger charge is -1.96. The molecule has 0 spiro atoms. The van der Waals surface area contributed by atoms with E-state index >= 15 is 0 Å². The van der Waals surface area contributed by atoms with Gasteiger partial charge in [0.25, 0.3) is 0 Å². The van der Waals surface area contributed by atoms with E-state index in [1.807, 2.05) is 6.07 Å². The summed E-state index contributed by atoms with van der Waals surface area (Å²) in [5.74, 6) is -0.408. The highest BCUT2D eigenvalue weighted by atomic mass is 16.2. The second kappa shape index (κ2) is 14.3. The van der Waals surface area contributed by atoms with E-state index in [-0.39, 0.29) is 13.0 Å². The predicted octanol–water partition coefficient (Wildman–Crippen LogP) is -0.354. The first kappa shape index (κ1) is 15.2. The number of Topliss-reactive ketones (excluding diaryl/α,β-unsaturated/α-hetero) is 1. The Morgan fingerprint density at radius 1 is 1.57 bits per heavy atom. The normalized spacial score (nSPS) is 8.07. The molecule has 0 aliphatic heterocycles. The standard InChI is InChI=1S/C7H10N2O2.C2H6O/c8-3-1-4-9-5-2-7(11)6-10;1-2-3/h6,9H,1-2,4-5H2;3H,2H2,1H3. The molecule has 0 aromatic rings. The highest BCUT2D eigenvalue weighted by Gasteiger charge is 1.96. The fourth-order valence-corrected chi connectivity index (χ4v) is 0.540. The van der Waals surface area contributed by atoms with Crippen LogP contribution in [0.3, 0.4) is 0 Å². The van der Waals surface area contributed by atoms with Crippen LogP contribution in [-0.4, -0.2) is 36.9 Å². The number of nitriles is 1. The second-order valence-electron chi connectivity index (χ2n) is 2.31. The van der Waals surface area contributed by atoms with Gasteiger partial charge >= 0.3 is 0 Å². The third-order valence-electron chi connectivity index (χ3n) is 1.09. The monoisotopic (exact) mass is 200 g/mol. The molecule has 0 aliphatic carbocycles. The Balaban J connectivity index is 0. The molecule has 0 aromatic heterocycles. The molecule has 0 aromatic carbocycles. The van der Waals surface area contributed by atoms with E-state index in [4.69, 9.17) is 10.4 Å². The maximum Gasteiger partial charge on any atom is 0.196 e. The molecule has 0 rings (SSSR count). The minimum Gasteiger partial charge on any atom is -0.397 e. The molecule has 0 atom stereocenters. The van der Waals surface area contributed by atoms with Gasteiger partial charge in [-0.3, -0.25) is 9.59 Å². The summed E-state index contributed by atoms with van der Waals surface area (Å²) in [5.41, 5.74) is 0. The van der Waals surface area contributed by atoms with E-state index in [9.17, 15) is 9.59 Å². The van der Waals surface area contributed by atoms with Gasteiger partial charge in [0.15, 0.2) is 12.1 Å². The number of ketones is 1. The summed E-state index contributed by atoms with van der Waals surface area (Å²) in [6.45, 7) is 2.97. The van der Waals surface area contributed by atoms with Crippen LogP contribution in [0.1, 0.15) is 19.8 Å². The smallest absolute Gasteiger partial charge is 0.196 e. The van der Waals surface area contributed by atoms with Crippen molar-refractivity contribution in [2.24, 2.45) is 0 Å². The Morgan fingerprint density at radius 2 is 2.14 bits per heavy atom. The van der Waals surface area contributed by atoms with E-state index in [1.165, 1.54) is 0 Å². The average Bonchev–Trinajstić information content (AvgIpc) is 2.18. The Hall–Kier alpha value is -1.25. The number of hydrogen-bond acceptors (Lipinski definition) is 5. The van der Waals surface area contributed by atoms with E-state index < -0.39 is 5.78 Å². The highest BCUT2D eigenvalue weighted by Crippen LogP contribution is 1.77. The lowest BCUT2D eigenvalue weighted by molar-refractivity contribution is -0.129. The van der Waals surface area contributed by atoms with E-state index in [0.29, 0.717) is 25.8 Å². The summed E-state index contributed by atoms with van der Waals surface area (Å²) in [6, 6.07) is 1.95. The van der Waals surface area contributed by atoms with Crippen molar-refractivity contribution in [1.29, 1.82) is 5.26 Å². The molecule has 80 valence electrons. The van der Waals surface area contributed by atoms with Crippen LogP contribution in [0.5, 0.6) is 0 Å². The number of carbonyl (C=O) groups is 2. The number of hydrogen-bond donors (Lipinski definition) is 2. The molecule has 5 nitrogen and oxygen atoms in total. The Morgan fingerprint density at radius 3 is 2.57 bits per heavy atom. The van der Waals surface area contributed by atoms with Gasteiger partial charge in [-0.05, 0) is 6.92 Å². The molecule has 0 amide bonds. The zero-order chi connectivity index (χ0) is 11.2. The van der Waals surface area contributed by atoms with Gasteiger partial charge in [0.1, 0.15) is 0 Å². The van der Waals surface area contributed by atoms with Gasteiger partial charge in [-0.2, -0.15) is 5.26 Å². The van der Waals surface area contributed by atoms with Gasteiger partial charge in [0, 0.05) is 32.5 Å². The minimum absolute atomic E-state index is 0.217. The number of aliphatic hydroxyl groups excluding tert-OH is 1. The van der Waals surface area contributed by atoms with E-state index in [2.05, 4.69) is 5.32 Å². The molecule has 0 unspecified atom stereocenters. The molecule has 0 bridgehead atoms. The van der Waals surface area contributed by atoms with Crippen LogP contribution >= 0.6 is 0 Å². The summed E-state index contributed by atoms with van der Waals surface area (Å²) in [7, 11) is 0.